The number of hydrogen-bond donors (Lipinski definition) is 2. The van der Waals surface area contributed by atoms with Gasteiger partial charge in [-0.3, -0.25) is 14.5 Å². The second-order valence-electron chi connectivity index (χ2n) is 11.3. The SMILES string of the molecule is CS(=O)(=O)N[C@@H]1CC[C@H]2CCOc3ccccc3C(=O)N3CCN(C4CCC(F)(F)CC4)C[C@H]3C(=O)NC[C@H]1O2. The third-order valence-corrected chi connectivity index (χ3v) is 9.18. The fourth-order valence-electron chi connectivity index (χ4n) is 6.31. The topological polar surface area (TPSA) is 117 Å². The molecule has 2 bridgehead atoms. The van der Waals surface area contributed by atoms with Crippen molar-refractivity contribution in [2.24, 2.45) is 0 Å². The monoisotopic (exact) mass is 584 g/mol. The highest BCUT2D eigenvalue weighted by Gasteiger charge is 2.43. The Balaban J connectivity index is 1.40. The van der Waals surface area contributed by atoms with Crippen molar-refractivity contribution in [2.45, 2.75) is 81.2 Å². The standard InChI is InChI=1S/C27H38F2N4O6S/c1-40(36,37)31-21-7-6-19-10-15-38-23-5-3-2-4-20(23)26(35)33-14-13-32(18-8-11-27(28,29)12-9-18)17-22(33)25(34)30-16-24(21)39-19/h2-5,18-19,21-22,24,31H,6-17H2,1H3,(H,30,34)/t19-,21+,22-,24+/m0/s1. The van der Waals surface area contributed by atoms with Crippen molar-refractivity contribution in [3.05, 3.63) is 29.8 Å². The first-order chi connectivity index (χ1) is 19.0. The lowest BCUT2D eigenvalue weighted by Gasteiger charge is -2.45. The number of hydrogen-bond acceptors (Lipinski definition) is 7. The number of piperazine rings is 1. The highest BCUT2D eigenvalue weighted by molar-refractivity contribution is 7.88. The van der Waals surface area contributed by atoms with E-state index < -0.39 is 40.0 Å². The zero-order valence-electron chi connectivity index (χ0n) is 22.7. The minimum atomic E-state index is -3.50. The zero-order chi connectivity index (χ0) is 28.5. The number of fused-ring (bicyclic) bond motifs is 4. The van der Waals surface area contributed by atoms with E-state index in [9.17, 15) is 26.8 Å². The van der Waals surface area contributed by atoms with Gasteiger partial charge in [0.1, 0.15) is 11.8 Å². The number of halogens is 2. The summed E-state index contributed by atoms with van der Waals surface area (Å²) in [5, 5.41) is 2.92. The average Bonchev–Trinajstić information content (AvgIpc) is 2.91. The molecule has 1 aromatic rings. The van der Waals surface area contributed by atoms with Crippen molar-refractivity contribution in [1.29, 1.82) is 0 Å². The highest BCUT2D eigenvalue weighted by atomic mass is 32.2. The van der Waals surface area contributed by atoms with Gasteiger partial charge < -0.3 is 19.7 Å². The fraction of sp³-hybridized carbons (Fsp3) is 0.704. The number of rotatable bonds is 3. The molecule has 13 heteroatoms. The molecule has 2 N–H and O–H groups in total. The molecule has 3 heterocycles. The van der Waals surface area contributed by atoms with Crippen molar-refractivity contribution in [3.63, 3.8) is 0 Å². The van der Waals surface area contributed by atoms with Crippen LogP contribution < -0.4 is 14.8 Å². The van der Waals surface area contributed by atoms with Gasteiger partial charge >= 0.3 is 0 Å². The number of benzene rings is 1. The van der Waals surface area contributed by atoms with E-state index in [-0.39, 0.29) is 50.5 Å². The lowest BCUT2D eigenvalue weighted by molar-refractivity contribution is -0.131. The molecule has 0 aromatic heterocycles. The molecule has 40 heavy (non-hydrogen) atoms. The van der Waals surface area contributed by atoms with Crippen LogP contribution in [0, 0.1) is 0 Å². The van der Waals surface area contributed by atoms with Gasteiger partial charge in [-0.1, -0.05) is 12.1 Å². The van der Waals surface area contributed by atoms with Crippen LogP contribution in [-0.2, 0) is 19.6 Å². The number of sulfonamides is 1. The Bertz CT molecular complexity index is 1190. The van der Waals surface area contributed by atoms with Crippen LogP contribution in [0.4, 0.5) is 8.78 Å². The van der Waals surface area contributed by atoms with Gasteiger partial charge in [-0.15, -0.1) is 0 Å². The van der Waals surface area contributed by atoms with Gasteiger partial charge in [0.25, 0.3) is 5.91 Å². The summed E-state index contributed by atoms with van der Waals surface area (Å²) < 4.78 is 66.5. The lowest BCUT2D eigenvalue weighted by atomic mass is 9.90. The predicted molar refractivity (Wildman–Crippen MR) is 143 cm³/mol. The summed E-state index contributed by atoms with van der Waals surface area (Å²) in [6, 6.07) is 5.49. The molecule has 5 rings (SSSR count). The quantitative estimate of drug-likeness (QED) is 0.556. The van der Waals surface area contributed by atoms with Gasteiger partial charge in [-0.05, 0) is 37.8 Å². The number of nitrogens with zero attached hydrogens (tertiary/aromatic N) is 2. The lowest BCUT2D eigenvalue weighted by Crippen LogP contribution is -2.63. The Morgan fingerprint density at radius 3 is 2.55 bits per heavy atom. The number of carbonyl (C=O) groups excluding carboxylic acids is 2. The molecule has 222 valence electrons. The smallest absolute Gasteiger partial charge is 0.258 e. The van der Waals surface area contributed by atoms with E-state index in [1.807, 2.05) is 0 Å². The summed E-state index contributed by atoms with van der Waals surface area (Å²) >= 11 is 0. The van der Waals surface area contributed by atoms with Crippen LogP contribution in [-0.4, -0.2) is 105 Å². The maximum absolute atomic E-state index is 13.8. The Kier molecular flexibility index (Phi) is 8.65. The average molecular weight is 585 g/mol. The first-order valence-corrected chi connectivity index (χ1v) is 15.9. The van der Waals surface area contributed by atoms with Gasteiger partial charge in [-0.2, -0.15) is 0 Å². The van der Waals surface area contributed by atoms with E-state index in [1.54, 1.807) is 24.3 Å². The number of carbonyl (C=O) groups is 2. The minimum Gasteiger partial charge on any atom is -0.493 e. The summed E-state index contributed by atoms with van der Waals surface area (Å²) in [6.45, 7) is 1.33. The molecule has 1 aromatic carbocycles. The van der Waals surface area contributed by atoms with E-state index in [1.165, 1.54) is 4.90 Å². The molecule has 0 spiro atoms. The summed E-state index contributed by atoms with van der Waals surface area (Å²) in [5.74, 6) is -2.95. The van der Waals surface area contributed by atoms with E-state index in [0.717, 1.165) is 6.26 Å². The second kappa shape index (κ2) is 11.9. The van der Waals surface area contributed by atoms with Crippen molar-refractivity contribution in [1.82, 2.24) is 19.8 Å². The number of ether oxygens (including phenoxy) is 2. The van der Waals surface area contributed by atoms with E-state index in [0.29, 0.717) is 56.6 Å². The molecule has 0 unspecified atom stereocenters. The maximum Gasteiger partial charge on any atom is 0.258 e. The Labute approximate surface area is 233 Å². The number of alkyl halides is 2. The number of para-hydroxylation sites is 1. The van der Waals surface area contributed by atoms with Crippen LogP contribution in [0.5, 0.6) is 5.75 Å². The Hall–Kier alpha value is -2.35. The largest absolute Gasteiger partial charge is 0.493 e. The van der Waals surface area contributed by atoms with E-state index in [4.69, 9.17) is 9.47 Å². The third-order valence-electron chi connectivity index (χ3n) is 8.45. The van der Waals surface area contributed by atoms with Crippen LogP contribution in [0.2, 0.25) is 0 Å². The summed E-state index contributed by atoms with van der Waals surface area (Å²) in [5.41, 5.74) is 0.364. The molecule has 3 fully saturated rings. The number of nitrogens with one attached hydrogen (secondary N) is 2. The Morgan fingerprint density at radius 1 is 1.05 bits per heavy atom. The van der Waals surface area contributed by atoms with Crippen LogP contribution in [0.3, 0.4) is 0 Å². The normalized spacial score (nSPS) is 30.8. The molecular weight excluding hydrogens is 546 g/mol. The molecular formula is C27H38F2N4O6S. The van der Waals surface area contributed by atoms with Gasteiger partial charge in [0.05, 0.1) is 30.6 Å². The maximum atomic E-state index is 13.8. The minimum absolute atomic E-state index is 0.0636. The molecule has 2 saturated heterocycles. The summed E-state index contributed by atoms with van der Waals surface area (Å²) in [6.07, 6.45) is 2.29. The highest BCUT2D eigenvalue weighted by Crippen LogP contribution is 2.36. The van der Waals surface area contributed by atoms with E-state index >= 15 is 0 Å². The molecule has 1 saturated carbocycles. The first kappa shape index (κ1) is 29.2. The summed E-state index contributed by atoms with van der Waals surface area (Å²) in [7, 11) is -3.50. The second-order valence-corrected chi connectivity index (χ2v) is 13.1. The van der Waals surface area contributed by atoms with Crippen molar-refractivity contribution < 1.29 is 36.3 Å². The predicted octanol–water partition coefficient (Wildman–Crippen LogP) is 1.76. The molecule has 10 nitrogen and oxygen atoms in total. The van der Waals surface area contributed by atoms with Crippen LogP contribution >= 0.6 is 0 Å². The van der Waals surface area contributed by atoms with Crippen LogP contribution in [0.15, 0.2) is 24.3 Å². The molecule has 2 amide bonds. The van der Waals surface area contributed by atoms with Gasteiger partial charge in [0.2, 0.25) is 21.9 Å². The molecule has 1 aliphatic carbocycles. The van der Waals surface area contributed by atoms with Crippen molar-refractivity contribution >= 4 is 21.8 Å². The molecule has 0 radical (unpaired) electrons. The van der Waals surface area contributed by atoms with E-state index in [2.05, 4.69) is 14.9 Å². The zero-order valence-corrected chi connectivity index (χ0v) is 23.5. The third kappa shape index (κ3) is 6.92. The van der Waals surface area contributed by atoms with Gasteiger partial charge in [0, 0.05) is 57.5 Å². The molecule has 4 aliphatic rings. The van der Waals surface area contributed by atoms with Crippen LogP contribution in [0.25, 0.3) is 0 Å². The fourth-order valence-corrected chi connectivity index (χ4v) is 7.13. The van der Waals surface area contributed by atoms with Crippen LogP contribution in [0.1, 0.15) is 55.3 Å². The summed E-state index contributed by atoms with van der Waals surface area (Å²) in [4.78, 5) is 31.1. The molecule has 4 atom stereocenters. The van der Waals surface area contributed by atoms with Gasteiger partial charge in [-0.25, -0.2) is 21.9 Å². The number of amides is 2. The molecule has 3 aliphatic heterocycles. The van der Waals surface area contributed by atoms with Crippen molar-refractivity contribution in [3.8, 4) is 5.75 Å². The first-order valence-electron chi connectivity index (χ1n) is 14.0. The van der Waals surface area contributed by atoms with Gasteiger partial charge in [0.15, 0.2) is 0 Å². The van der Waals surface area contributed by atoms with Crippen molar-refractivity contribution in [2.75, 3.05) is 39.0 Å². The Morgan fingerprint density at radius 2 is 1.80 bits per heavy atom.